The zero-order valence-corrected chi connectivity index (χ0v) is 10.7. The van der Waals surface area contributed by atoms with Crippen LogP contribution in [0.1, 0.15) is 12.8 Å². The van der Waals surface area contributed by atoms with Crippen LogP contribution in [0, 0.1) is 16.0 Å². The van der Waals surface area contributed by atoms with Gasteiger partial charge in [-0.15, -0.1) is 0 Å². The molecule has 1 aliphatic rings. The quantitative estimate of drug-likeness (QED) is 0.470. The average Bonchev–Trinajstić information content (AvgIpc) is 3.12. The van der Waals surface area contributed by atoms with E-state index in [1.807, 2.05) is 0 Å². The molecule has 2 rings (SSSR count). The molecule has 0 atom stereocenters. The number of nitro groups is 1. The van der Waals surface area contributed by atoms with Crippen molar-refractivity contribution in [3.8, 4) is 0 Å². The van der Waals surface area contributed by atoms with E-state index in [1.54, 1.807) is 12.1 Å². The number of para-hydroxylation sites is 1. The minimum absolute atomic E-state index is 0.0821. The minimum Gasteiger partial charge on any atom is -0.379 e. The van der Waals surface area contributed by atoms with Crippen molar-refractivity contribution in [2.75, 3.05) is 25.1 Å². The predicted octanol–water partition coefficient (Wildman–Crippen LogP) is 3.09. The predicted molar refractivity (Wildman–Crippen MR) is 70.1 cm³/mol. The van der Waals surface area contributed by atoms with Crippen LogP contribution in [0.25, 0.3) is 0 Å². The fraction of sp³-hybridized carbons (Fsp3) is 0.500. The van der Waals surface area contributed by atoms with Gasteiger partial charge in [-0.25, -0.2) is 0 Å². The lowest BCUT2D eigenvalue weighted by Gasteiger charge is -2.08. The fourth-order valence-electron chi connectivity index (χ4n) is 1.64. The lowest BCUT2D eigenvalue weighted by molar-refractivity contribution is -0.383. The summed E-state index contributed by atoms with van der Waals surface area (Å²) in [5, 5.41) is 14.0. The van der Waals surface area contributed by atoms with Crippen molar-refractivity contribution in [3.63, 3.8) is 0 Å². The monoisotopic (exact) mass is 270 g/mol. The number of ether oxygens (including phenoxy) is 1. The third-order valence-electron chi connectivity index (χ3n) is 2.78. The van der Waals surface area contributed by atoms with Crippen LogP contribution in [-0.4, -0.2) is 24.7 Å². The van der Waals surface area contributed by atoms with Crippen molar-refractivity contribution in [1.29, 1.82) is 0 Å². The second-order valence-corrected chi connectivity index (χ2v) is 4.75. The van der Waals surface area contributed by atoms with Crippen LogP contribution in [-0.2, 0) is 4.74 Å². The van der Waals surface area contributed by atoms with E-state index in [0.717, 1.165) is 12.5 Å². The number of halogens is 1. The van der Waals surface area contributed by atoms with Crippen molar-refractivity contribution in [2.45, 2.75) is 12.8 Å². The molecule has 98 valence electrons. The first kappa shape index (κ1) is 13.1. The first-order chi connectivity index (χ1) is 8.68. The van der Waals surface area contributed by atoms with E-state index in [1.165, 1.54) is 18.9 Å². The summed E-state index contributed by atoms with van der Waals surface area (Å²) >= 11 is 5.80. The molecule has 1 fully saturated rings. The van der Waals surface area contributed by atoms with Gasteiger partial charge < -0.3 is 10.1 Å². The maximum atomic E-state index is 10.9. The van der Waals surface area contributed by atoms with Crippen molar-refractivity contribution in [3.05, 3.63) is 33.3 Å². The number of benzene rings is 1. The molecule has 6 heteroatoms. The van der Waals surface area contributed by atoms with Gasteiger partial charge in [-0.1, -0.05) is 17.7 Å². The van der Waals surface area contributed by atoms with Crippen LogP contribution in [0.3, 0.4) is 0 Å². The van der Waals surface area contributed by atoms with E-state index in [2.05, 4.69) is 5.32 Å². The summed E-state index contributed by atoms with van der Waals surface area (Å²) in [5.74, 6) is 0.727. The Labute approximate surface area is 110 Å². The molecule has 1 aliphatic carbocycles. The maximum Gasteiger partial charge on any atom is 0.310 e. The highest BCUT2D eigenvalue weighted by Gasteiger charge is 2.21. The van der Waals surface area contributed by atoms with Gasteiger partial charge in [-0.2, -0.15) is 0 Å². The van der Waals surface area contributed by atoms with E-state index in [-0.39, 0.29) is 10.7 Å². The molecule has 0 unspecified atom stereocenters. The van der Waals surface area contributed by atoms with Crippen LogP contribution in [0.4, 0.5) is 11.4 Å². The zero-order valence-electron chi connectivity index (χ0n) is 9.89. The summed E-state index contributed by atoms with van der Waals surface area (Å²) < 4.78 is 5.44. The standard InChI is InChI=1S/C12H15ClN2O3/c13-10-2-1-3-11(12(10)15(16)17)14-6-7-18-8-9-4-5-9/h1-3,9,14H,4-8H2. The van der Waals surface area contributed by atoms with E-state index >= 15 is 0 Å². The number of rotatable bonds is 7. The number of nitro benzene ring substituents is 1. The summed E-state index contributed by atoms with van der Waals surface area (Å²) in [6.45, 7) is 1.87. The van der Waals surface area contributed by atoms with Crippen LogP contribution >= 0.6 is 11.6 Å². The molecule has 0 aromatic heterocycles. The second-order valence-electron chi connectivity index (χ2n) is 4.34. The molecule has 0 radical (unpaired) electrons. The third-order valence-corrected chi connectivity index (χ3v) is 3.09. The second kappa shape index (κ2) is 6.02. The molecule has 1 aromatic carbocycles. The molecule has 1 N–H and O–H groups in total. The highest BCUT2D eigenvalue weighted by atomic mass is 35.5. The normalized spacial score (nSPS) is 14.5. The molecule has 5 nitrogen and oxygen atoms in total. The Morgan fingerprint density at radius 3 is 2.94 bits per heavy atom. The molecular weight excluding hydrogens is 256 g/mol. The first-order valence-electron chi connectivity index (χ1n) is 5.93. The Morgan fingerprint density at radius 2 is 2.28 bits per heavy atom. The van der Waals surface area contributed by atoms with Crippen molar-refractivity contribution in [1.82, 2.24) is 0 Å². The van der Waals surface area contributed by atoms with Crippen LogP contribution < -0.4 is 5.32 Å². The molecule has 18 heavy (non-hydrogen) atoms. The highest BCUT2D eigenvalue weighted by molar-refractivity contribution is 6.33. The summed E-state index contributed by atoms with van der Waals surface area (Å²) in [4.78, 5) is 10.4. The van der Waals surface area contributed by atoms with Crippen molar-refractivity contribution < 1.29 is 9.66 Å². The van der Waals surface area contributed by atoms with Gasteiger partial charge >= 0.3 is 5.69 Å². The van der Waals surface area contributed by atoms with Crippen LogP contribution in [0.2, 0.25) is 5.02 Å². The van der Waals surface area contributed by atoms with Gasteiger partial charge in [-0.05, 0) is 30.9 Å². The Hall–Kier alpha value is -1.33. The summed E-state index contributed by atoms with van der Waals surface area (Å²) in [5.41, 5.74) is 0.351. The Morgan fingerprint density at radius 1 is 1.50 bits per heavy atom. The molecule has 0 bridgehead atoms. The molecule has 0 saturated heterocycles. The van der Waals surface area contributed by atoms with Gasteiger partial charge in [0.1, 0.15) is 10.7 Å². The summed E-state index contributed by atoms with van der Waals surface area (Å²) in [7, 11) is 0. The molecule has 0 aliphatic heterocycles. The van der Waals surface area contributed by atoms with Crippen LogP contribution in [0.5, 0.6) is 0 Å². The Balaban J connectivity index is 1.83. The number of nitrogens with one attached hydrogen (secondary N) is 1. The number of anilines is 1. The number of nitrogens with zero attached hydrogens (tertiary/aromatic N) is 1. The SMILES string of the molecule is O=[N+]([O-])c1c(Cl)cccc1NCCOCC1CC1. The van der Waals surface area contributed by atoms with Gasteiger partial charge in [0, 0.05) is 13.2 Å². The molecule has 1 saturated carbocycles. The Kier molecular flexibility index (Phi) is 4.38. The summed E-state index contributed by atoms with van der Waals surface area (Å²) in [6.07, 6.45) is 2.51. The smallest absolute Gasteiger partial charge is 0.310 e. The van der Waals surface area contributed by atoms with Gasteiger partial charge in [0.25, 0.3) is 0 Å². The van der Waals surface area contributed by atoms with Gasteiger partial charge in [0.05, 0.1) is 11.5 Å². The number of hydrogen-bond acceptors (Lipinski definition) is 4. The van der Waals surface area contributed by atoms with E-state index < -0.39 is 4.92 Å². The maximum absolute atomic E-state index is 10.9. The summed E-state index contributed by atoms with van der Waals surface area (Å²) in [6, 6.07) is 4.84. The molecule has 0 heterocycles. The lowest BCUT2D eigenvalue weighted by Crippen LogP contribution is -2.11. The van der Waals surface area contributed by atoms with E-state index in [0.29, 0.717) is 18.8 Å². The molecule has 0 amide bonds. The van der Waals surface area contributed by atoms with Crippen LogP contribution in [0.15, 0.2) is 18.2 Å². The topological polar surface area (TPSA) is 64.4 Å². The van der Waals surface area contributed by atoms with E-state index in [4.69, 9.17) is 16.3 Å². The van der Waals surface area contributed by atoms with Gasteiger partial charge in [-0.3, -0.25) is 10.1 Å². The van der Waals surface area contributed by atoms with Gasteiger partial charge in [0.2, 0.25) is 0 Å². The first-order valence-corrected chi connectivity index (χ1v) is 6.31. The van der Waals surface area contributed by atoms with Crippen molar-refractivity contribution in [2.24, 2.45) is 5.92 Å². The zero-order chi connectivity index (χ0) is 13.0. The largest absolute Gasteiger partial charge is 0.379 e. The Bertz CT molecular complexity index is 435. The third kappa shape index (κ3) is 3.58. The lowest BCUT2D eigenvalue weighted by atomic mass is 10.2. The van der Waals surface area contributed by atoms with Crippen molar-refractivity contribution >= 4 is 23.0 Å². The number of hydrogen-bond donors (Lipinski definition) is 1. The fourth-order valence-corrected chi connectivity index (χ4v) is 1.88. The van der Waals surface area contributed by atoms with E-state index in [9.17, 15) is 10.1 Å². The molecule has 0 spiro atoms. The highest BCUT2D eigenvalue weighted by Crippen LogP contribution is 2.32. The van der Waals surface area contributed by atoms with Gasteiger partial charge in [0.15, 0.2) is 0 Å². The minimum atomic E-state index is -0.476. The molecular formula is C12H15ClN2O3. The average molecular weight is 271 g/mol. The molecule has 1 aromatic rings.